The largest absolute Gasteiger partial charge is 0.500 e. The maximum Gasteiger partial charge on any atom is 0.500 e. The van der Waals surface area contributed by atoms with Crippen LogP contribution in [0.2, 0.25) is 6.04 Å². The zero-order valence-corrected chi connectivity index (χ0v) is 11.5. The van der Waals surface area contributed by atoms with E-state index >= 15 is 0 Å². The first-order chi connectivity index (χ1) is 7.55. The van der Waals surface area contributed by atoms with Crippen LogP contribution in [0.15, 0.2) is 0 Å². The van der Waals surface area contributed by atoms with E-state index in [1.807, 2.05) is 0 Å². The van der Waals surface area contributed by atoms with Crippen LogP contribution in [0.3, 0.4) is 0 Å². The smallest absolute Gasteiger partial charge is 0.394 e. The Morgan fingerprint density at radius 3 is 1.44 bits per heavy atom. The Bertz CT molecular complexity index is 130. The predicted molar refractivity (Wildman–Crippen MR) is 62.1 cm³/mol. The molecule has 0 aromatic carbocycles. The van der Waals surface area contributed by atoms with Crippen LogP contribution < -0.4 is 0 Å². The molecule has 0 bridgehead atoms. The minimum Gasteiger partial charge on any atom is -0.394 e. The quantitative estimate of drug-likeness (QED) is 0.538. The van der Waals surface area contributed by atoms with Crippen molar-refractivity contribution in [1.29, 1.82) is 0 Å². The normalized spacial score (nSPS) is 11.2. The summed E-state index contributed by atoms with van der Waals surface area (Å²) in [5.74, 6) is 0. The van der Waals surface area contributed by atoms with Gasteiger partial charge in [0.1, 0.15) is 6.10 Å². The first-order valence-electron chi connectivity index (χ1n) is 5.10. The zero-order valence-electron chi connectivity index (χ0n) is 10.5. The van der Waals surface area contributed by atoms with Gasteiger partial charge in [0.2, 0.25) is 0 Å². The van der Waals surface area contributed by atoms with Gasteiger partial charge >= 0.3 is 8.80 Å². The van der Waals surface area contributed by atoms with Gasteiger partial charge in [-0.1, -0.05) is 13.3 Å². The lowest BCUT2D eigenvalue weighted by atomic mass is 10.4. The summed E-state index contributed by atoms with van der Waals surface area (Å²) in [5.41, 5.74) is 0. The van der Waals surface area contributed by atoms with E-state index in [0.717, 1.165) is 12.5 Å². The molecule has 0 rings (SSSR count). The van der Waals surface area contributed by atoms with E-state index in [1.54, 1.807) is 21.3 Å². The first kappa shape index (κ1) is 18.3. The summed E-state index contributed by atoms with van der Waals surface area (Å²) in [5, 5.41) is 24.0. The minimum absolute atomic E-state index is 0.365. The Kier molecular flexibility index (Phi) is 13.1. The Balaban J connectivity index is 0. The van der Waals surface area contributed by atoms with E-state index in [9.17, 15) is 0 Å². The SMILES string of the molecule is CCC[Si](OC)(OC)OC.OCC(O)CO. The van der Waals surface area contributed by atoms with E-state index in [2.05, 4.69) is 6.92 Å². The number of aliphatic hydroxyl groups is 3. The molecule has 6 nitrogen and oxygen atoms in total. The van der Waals surface area contributed by atoms with Gasteiger partial charge in [-0.3, -0.25) is 0 Å². The molecule has 0 aromatic heterocycles. The van der Waals surface area contributed by atoms with E-state index in [0.29, 0.717) is 0 Å². The van der Waals surface area contributed by atoms with Crippen molar-refractivity contribution in [1.82, 2.24) is 0 Å². The molecule has 0 aliphatic heterocycles. The van der Waals surface area contributed by atoms with E-state index in [-0.39, 0.29) is 13.2 Å². The highest BCUT2D eigenvalue weighted by Gasteiger charge is 2.36. The molecule has 0 atom stereocenters. The van der Waals surface area contributed by atoms with Gasteiger partial charge in [0.15, 0.2) is 0 Å². The second kappa shape index (κ2) is 11.5. The van der Waals surface area contributed by atoms with Crippen molar-refractivity contribution in [2.45, 2.75) is 25.5 Å². The van der Waals surface area contributed by atoms with Crippen molar-refractivity contribution in [3.05, 3.63) is 0 Å². The third-order valence-corrected chi connectivity index (χ3v) is 4.89. The lowest BCUT2D eigenvalue weighted by Gasteiger charge is -2.23. The van der Waals surface area contributed by atoms with Crippen molar-refractivity contribution in [2.24, 2.45) is 0 Å². The van der Waals surface area contributed by atoms with E-state index in [4.69, 9.17) is 28.6 Å². The molecule has 0 saturated carbocycles. The van der Waals surface area contributed by atoms with Crippen molar-refractivity contribution < 1.29 is 28.6 Å². The lowest BCUT2D eigenvalue weighted by molar-refractivity contribution is 0.0450. The maximum atomic E-state index is 8.17. The monoisotopic (exact) mass is 256 g/mol. The second-order valence-electron chi connectivity index (χ2n) is 3.06. The van der Waals surface area contributed by atoms with E-state index in [1.165, 1.54) is 0 Å². The maximum absolute atomic E-state index is 8.17. The second-order valence-corrected chi connectivity index (χ2v) is 6.16. The third-order valence-electron chi connectivity index (χ3n) is 1.91. The van der Waals surface area contributed by atoms with Crippen LogP contribution in [0.1, 0.15) is 13.3 Å². The molecular formula is C9H24O6Si. The van der Waals surface area contributed by atoms with Crippen molar-refractivity contribution in [3.8, 4) is 0 Å². The van der Waals surface area contributed by atoms with Crippen LogP contribution in [-0.2, 0) is 13.3 Å². The zero-order chi connectivity index (χ0) is 13.0. The minimum atomic E-state index is -2.22. The van der Waals surface area contributed by atoms with Gasteiger partial charge < -0.3 is 28.6 Å². The first-order valence-corrected chi connectivity index (χ1v) is 7.04. The highest BCUT2D eigenvalue weighted by molar-refractivity contribution is 6.60. The van der Waals surface area contributed by atoms with Crippen molar-refractivity contribution >= 4 is 8.80 Å². The summed E-state index contributed by atoms with van der Waals surface area (Å²) < 4.78 is 15.5. The molecule has 7 heteroatoms. The lowest BCUT2D eigenvalue weighted by Crippen LogP contribution is -2.42. The molecule has 0 radical (unpaired) electrons. The molecule has 0 saturated heterocycles. The van der Waals surface area contributed by atoms with Gasteiger partial charge in [-0.05, 0) is 0 Å². The number of aliphatic hydroxyl groups excluding tert-OH is 3. The fraction of sp³-hybridized carbons (Fsp3) is 1.00. The fourth-order valence-electron chi connectivity index (χ4n) is 0.920. The van der Waals surface area contributed by atoms with Gasteiger partial charge in [0, 0.05) is 27.4 Å². The van der Waals surface area contributed by atoms with Gasteiger partial charge in [0.05, 0.1) is 13.2 Å². The van der Waals surface area contributed by atoms with Crippen LogP contribution in [0.25, 0.3) is 0 Å². The highest BCUT2D eigenvalue weighted by Crippen LogP contribution is 2.13. The Hall–Kier alpha value is -0.0231. The fourth-order valence-corrected chi connectivity index (χ4v) is 2.64. The average Bonchev–Trinajstić information content (AvgIpc) is 2.36. The molecule has 0 fully saturated rings. The number of hydrogen-bond acceptors (Lipinski definition) is 6. The van der Waals surface area contributed by atoms with Gasteiger partial charge in [-0.15, -0.1) is 0 Å². The molecular weight excluding hydrogens is 232 g/mol. The third kappa shape index (κ3) is 8.17. The summed E-state index contributed by atoms with van der Waals surface area (Å²) in [6.07, 6.45) is 0.0758. The van der Waals surface area contributed by atoms with Crippen LogP contribution >= 0.6 is 0 Å². The van der Waals surface area contributed by atoms with Crippen LogP contribution in [0, 0.1) is 0 Å². The molecule has 3 N–H and O–H groups in total. The molecule has 0 aliphatic rings. The van der Waals surface area contributed by atoms with Crippen molar-refractivity contribution in [3.63, 3.8) is 0 Å². The van der Waals surface area contributed by atoms with Crippen LogP contribution in [0.4, 0.5) is 0 Å². The van der Waals surface area contributed by atoms with Crippen molar-refractivity contribution in [2.75, 3.05) is 34.5 Å². The molecule has 0 aliphatic carbocycles. The molecule has 0 unspecified atom stereocenters. The summed E-state index contributed by atoms with van der Waals surface area (Å²) in [6.45, 7) is 1.35. The summed E-state index contributed by atoms with van der Waals surface area (Å²) in [4.78, 5) is 0. The van der Waals surface area contributed by atoms with Gasteiger partial charge in [-0.25, -0.2) is 0 Å². The van der Waals surface area contributed by atoms with Gasteiger partial charge in [0.25, 0.3) is 0 Å². The molecule has 0 aromatic rings. The topological polar surface area (TPSA) is 88.4 Å². The van der Waals surface area contributed by atoms with E-state index < -0.39 is 14.9 Å². The molecule has 0 amide bonds. The molecule has 16 heavy (non-hydrogen) atoms. The summed E-state index contributed by atoms with van der Waals surface area (Å²) in [6, 6.07) is 0.885. The number of hydrogen-bond donors (Lipinski definition) is 3. The predicted octanol–water partition coefficient (Wildman–Crippen LogP) is -0.394. The Morgan fingerprint density at radius 2 is 1.38 bits per heavy atom. The van der Waals surface area contributed by atoms with Gasteiger partial charge in [-0.2, -0.15) is 0 Å². The highest BCUT2D eigenvalue weighted by atomic mass is 28.4. The van der Waals surface area contributed by atoms with Crippen LogP contribution in [-0.4, -0.2) is 64.8 Å². The van der Waals surface area contributed by atoms with Crippen LogP contribution in [0.5, 0.6) is 0 Å². The summed E-state index contributed by atoms with van der Waals surface area (Å²) >= 11 is 0. The average molecular weight is 256 g/mol. The number of rotatable bonds is 7. The standard InChI is InChI=1S/C6H16O3Si.C3H8O3/c1-5-6-10(7-2,8-3)9-4;4-1-3(6)2-5/h5-6H2,1-4H3;3-6H,1-2H2. The summed E-state index contributed by atoms with van der Waals surface area (Å²) in [7, 11) is 2.68. The molecule has 0 spiro atoms. The Morgan fingerprint density at radius 1 is 1.00 bits per heavy atom. The molecule has 0 heterocycles. The molecule has 100 valence electrons. The Labute approximate surface area is 98.1 Å².